The van der Waals surface area contributed by atoms with Crippen molar-refractivity contribution in [3.63, 3.8) is 0 Å². The molecule has 0 fully saturated rings. The Hall–Kier alpha value is -3.31. The lowest BCUT2D eigenvalue weighted by molar-refractivity contribution is -0.121. The van der Waals surface area contributed by atoms with E-state index < -0.39 is 0 Å². The first kappa shape index (κ1) is 20.9. The maximum absolute atomic E-state index is 12.7. The van der Waals surface area contributed by atoms with Gasteiger partial charge in [0.1, 0.15) is 0 Å². The molecule has 1 heterocycles. The van der Waals surface area contributed by atoms with Gasteiger partial charge in [0.15, 0.2) is 11.5 Å². The Morgan fingerprint density at radius 2 is 1.65 bits per heavy atom. The molecule has 0 saturated heterocycles. The highest BCUT2D eigenvalue weighted by atomic mass is 16.7. The minimum absolute atomic E-state index is 0.00335. The van der Waals surface area contributed by atoms with Gasteiger partial charge >= 0.3 is 0 Å². The van der Waals surface area contributed by atoms with Crippen LogP contribution in [0.15, 0.2) is 66.7 Å². The van der Waals surface area contributed by atoms with Crippen molar-refractivity contribution in [3.05, 3.63) is 83.4 Å². The second kappa shape index (κ2) is 9.67. The van der Waals surface area contributed by atoms with Gasteiger partial charge in [0.2, 0.25) is 12.7 Å². The summed E-state index contributed by atoms with van der Waals surface area (Å²) >= 11 is 0. The number of aryl methyl sites for hydroxylation is 1. The van der Waals surface area contributed by atoms with Crippen LogP contribution in [0.1, 0.15) is 36.1 Å². The quantitative estimate of drug-likeness (QED) is 0.569. The number of amides is 1. The van der Waals surface area contributed by atoms with Crippen LogP contribution in [0.25, 0.3) is 11.1 Å². The third-order valence-corrected chi connectivity index (χ3v) is 5.59. The van der Waals surface area contributed by atoms with Crippen molar-refractivity contribution >= 4 is 5.91 Å². The third-order valence-electron chi connectivity index (χ3n) is 5.59. The van der Waals surface area contributed by atoms with Gasteiger partial charge in [0.05, 0.1) is 6.04 Å². The van der Waals surface area contributed by atoms with Crippen molar-refractivity contribution in [1.29, 1.82) is 0 Å². The number of benzene rings is 3. The summed E-state index contributed by atoms with van der Waals surface area (Å²) in [5.74, 6) is 1.42. The Balaban J connectivity index is 1.55. The highest BCUT2D eigenvalue weighted by Gasteiger charge is 2.20. The van der Waals surface area contributed by atoms with Crippen LogP contribution in [0.4, 0.5) is 0 Å². The van der Waals surface area contributed by atoms with Crippen LogP contribution in [-0.2, 0) is 17.6 Å². The summed E-state index contributed by atoms with van der Waals surface area (Å²) < 4.78 is 11.2. The zero-order valence-electron chi connectivity index (χ0n) is 17.6. The molecule has 0 radical (unpaired) electrons. The molecule has 1 aliphatic rings. The average molecular weight is 418 g/mol. The molecule has 1 amide bonds. The molecular weight excluding hydrogens is 390 g/mol. The first-order valence-corrected chi connectivity index (χ1v) is 10.6. The molecule has 3 aromatic carbocycles. The number of carbonyl (C=O) groups excluding carboxylic acids is 1. The van der Waals surface area contributed by atoms with E-state index in [0.717, 1.165) is 27.8 Å². The Labute approximate surface area is 182 Å². The number of ether oxygens (including phenoxy) is 2. The van der Waals surface area contributed by atoms with E-state index in [0.29, 0.717) is 30.8 Å². The number of aliphatic hydroxyl groups is 1. The highest BCUT2D eigenvalue weighted by Crippen LogP contribution is 2.40. The Bertz CT molecular complexity index is 1050. The molecule has 1 atom stereocenters. The zero-order valence-corrected chi connectivity index (χ0v) is 17.6. The molecule has 0 saturated carbocycles. The summed E-state index contributed by atoms with van der Waals surface area (Å²) in [5, 5.41) is 12.6. The number of nitrogens with one attached hydrogen (secondary N) is 1. The normalized spacial score (nSPS) is 13.1. The molecule has 5 heteroatoms. The fourth-order valence-corrected chi connectivity index (χ4v) is 3.95. The maximum atomic E-state index is 12.7. The lowest BCUT2D eigenvalue weighted by atomic mass is 9.91. The largest absolute Gasteiger partial charge is 0.454 e. The van der Waals surface area contributed by atoms with E-state index in [9.17, 15) is 9.90 Å². The molecule has 0 spiro atoms. The molecule has 0 aromatic heterocycles. The minimum atomic E-state index is -0.0461. The number of carbonyl (C=O) groups is 1. The van der Waals surface area contributed by atoms with Gasteiger partial charge in [-0.2, -0.15) is 0 Å². The van der Waals surface area contributed by atoms with Crippen LogP contribution in [0, 0.1) is 0 Å². The third kappa shape index (κ3) is 4.89. The van der Waals surface area contributed by atoms with Crippen LogP contribution < -0.4 is 14.8 Å². The van der Waals surface area contributed by atoms with Gasteiger partial charge in [0, 0.05) is 13.0 Å². The number of rotatable bonds is 8. The van der Waals surface area contributed by atoms with Gasteiger partial charge in [0.25, 0.3) is 0 Å². The monoisotopic (exact) mass is 417 g/mol. The van der Waals surface area contributed by atoms with Crippen LogP contribution in [-0.4, -0.2) is 24.4 Å². The lowest BCUT2D eigenvalue weighted by Gasteiger charge is -2.16. The molecule has 160 valence electrons. The van der Waals surface area contributed by atoms with E-state index in [4.69, 9.17) is 9.47 Å². The smallest absolute Gasteiger partial charge is 0.231 e. The van der Waals surface area contributed by atoms with Crippen LogP contribution in [0.2, 0.25) is 0 Å². The Kier molecular flexibility index (Phi) is 6.53. The summed E-state index contributed by atoms with van der Waals surface area (Å²) in [5.41, 5.74) is 5.22. The predicted octanol–water partition coefficient (Wildman–Crippen LogP) is 4.43. The van der Waals surface area contributed by atoms with Gasteiger partial charge in [-0.1, -0.05) is 54.6 Å². The first-order valence-electron chi connectivity index (χ1n) is 10.6. The van der Waals surface area contributed by atoms with Gasteiger partial charge < -0.3 is 19.9 Å². The molecule has 2 N–H and O–H groups in total. The standard InChI is InChI=1S/C26H27NO4/c1-18(19-7-3-2-4-8-19)27-26(29)12-11-21-15-24-25(31-17-30-24)16-23(21)22-10-6-5-9-20(22)13-14-28/h2-10,15-16,18,28H,11-14,17H2,1H3,(H,27,29)/t18-/m0/s1. The summed E-state index contributed by atoms with van der Waals surface area (Å²) in [6, 6.07) is 21.9. The van der Waals surface area contributed by atoms with Crippen LogP contribution in [0.5, 0.6) is 11.5 Å². The molecule has 4 rings (SSSR count). The number of hydrogen-bond donors (Lipinski definition) is 2. The van der Waals surface area contributed by atoms with E-state index in [2.05, 4.69) is 5.32 Å². The molecule has 31 heavy (non-hydrogen) atoms. The topological polar surface area (TPSA) is 67.8 Å². The summed E-state index contributed by atoms with van der Waals surface area (Å²) in [6.45, 7) is 2.27. The lowest BCUT2D eigenvalue weighted by Crippen LogP contribution is -2.26. The zero-order chi connectivity index (χ0) is 21.6. The van der Waals surface area contributed by atoms with Crippen molar-refractivity contribution in [1.82, 2.24) is 5.32 Å². The average Bonchev–Trinajstić information content (AvgIpc) is 3.26. The van der Waals surface area contributed by atoms with Crippen molar-refractivity contribution < 1.29 is 19.4 Å². The second-order valence-corrected chi connectivity index (χ2v) is 7.69. The molecule has 0 aliphatic carbocycles. The van der Waals surface area contributed by atoms with Gasteiger partial charge in [-0.3, -0.25) is 4.79 Å². The van der Waals surface area contributed by atoms with Crippen molar-refractivity contribution in [2.45, 2.75) is 32.2 Å². The molecule has 0 unspecified atom stereocenters. The molecule has 5 nitrogen and oxygen atoms in total. The van der Waals surface area contributed by atoms with Crippen molar-refractivity contribution in [3.8, 4) is 22.6 Å². The van der Waals surface area contributed by atoms with E-state index in [1.54, 1.807) is 0 Å². The van der Waals surface area contributed by atoms with Crippen LogP contribution >= 0.6 is 0 Å². The molecular formula is C26H27NO4. The van der Waals surface area contributed by atoms with Gasteiger partial charge in [-0.15, -0.1) is 0 Å². The van der Waals surface area contributed by atoms with E-state index in [-0.39, 0.29) is 25.3 Å². The molecule has 3 aromatic rings. The number of fused-ring (bicyclic) bond motifs is 1. The number of hydrogen-bond acceptors (Lipinski definition) is 4. The summed E-state index contributed by atoms with van der Waals surface area (Å²) in [7, 11) is 0. The predicted molar refractivity (Wildman–Crippen MR) is 120 cm³/mol. The second-order valence-electron chi connectivity index (χ2n) is 7.69. The maximum Gasteiger partial charge on any atom is 0.231 e. The van der Waals surface area contributed by atoms with Crippen molar-refractivity contribution in [2.75, 3.05) is 13.4 Å². The van der Waals surface area contributed by atoms with Gasteiger partial charge in [-0.05, 0) is 59.7 Å². The van der Waals surface area contributed by atoms with E-state index >= 15 is 0 Å². The molecule has 0 bridgehead atoms. The fourth-order valence-electron chi connectivity index (χ4n) is 3.95. The summed E-state index contributed by atoms with van der Waals surface area (Å²) in [6.07, 6.45) is 1.51. The van der Waals surface area contributed by atoms with Crippen LogP contribution in [0.3, 0.4) is 0 Å². The van der Waals surface area contributed by atoms with E-state index in [1.165, 1.54) is 0 Å². The summed E-state index contributed by atoms with van der Waals surface area (Å²) in [4.78, 5) is 12.7. The fraction of sp³-hybridized carbons (Fsp3) is 0.269. The molecule has 1 aliphatic heterocycles. The Morgan fingerprint density at radius 1 is 0.935 bits per heavy atom. The highest BCUT2D eigenvalue weighted by molar-refractivity contribution is 5.78. The SMILES string of the molecule is C[C@H](NC(=O)CCc1cc2c(cc1-c1ccccc1CCO)OCO2)c1ccccc1. The first-order chi connectivity index (χ1) is 15.2. The van der Waals surface area contributed by atoms with Gasteiger partial charge in [-0.25, -0.2) is 0 Å². The van der Waals surface area contributed by atoms with E-state index in [1.807, 2.05) is 73.7 Å². The number of aliphatic hydroxyl groups excluding tert-OH is 1. The Morgan fingerprint density at radius 3 is 2.42 bits per heavy atom. The minimum Gasteiger partial charge on any atom is -0.454 e. The van der Waals surface area contributed by atoms with Crippen molar-refractivity contribution in [2.24, 2.45) is 0 Å².